The van der Waals surface area contributed by atoms with Crippen LogP contribution in [-0.2, 0) is 20.7 Å². The number of ketones is 1. The zero-order chi connectivity index (χ0) is 33.1. The molecule has 1 saturated heterocycles. The molecule has 0 amide bonds. The van der Waals surface area contributed by atoms with Gasteiger partial charge in [-0.2, -0.15) is 0 Å². The number of nitrogens with zero attached hydrogens (tertiary/aromatic N) is 1. The Kier molecular flexibility index (Phi) is 6.73. The first-order valence-corrected chi connectivity index (χ1v) is 16.1. The molecule has 3 saturated carbocycles. The summed E-state index contributed by atoms with van der Waals surface area (Å²) in [6.45, 7) is 2.52. The van der Waals surface area contributed by atoms with E-state index in [-0.39, 0.29) is 24.8 Å². The number of halogens is 2. The van der Waals surface area contributed by atoms with Gasteiger partial charge in [-0.15, -0.1) is 0 Å². The number of oxazole rings is 1. The molecule has 1 aliphatic heterocycles. The minimum Gasteiger partial charge on any atom is -0.443 e. The second-order valence-corrected chi connectivity index (χ2v) is 14.4. The first kappa shape index (κ1) is 30.8. The van der Waals surface area contributed by atoms with Gasteiger partial charge in [0.15, 0.2) is 35.3 Å². The molecule has 5 N–H and O–H groups in total. The quantitative estimate of drug-likeness (QED) is 0.233. The number of hydrogen-bond donors (Lipinski definition) is 4. The summed E-state index contributed by atoms with van der Waals surface area (Å²) in [5.41, 5.74) is 3.87. The number of carbonyl (C=O) groups is 1. The van der Waals surface area contributed by atoms with Crippen molar-refractivity contribution in [2.75, 3.05) is 12.3 Å². The second kappa shape index (κ2) is 10.3. The predicted molar refractivity (Wildman–Crippen MR) is 166 cm³/mol. The van der Waals surface area contributed by atoms with Gasteiger partial charge in [0.1, 0.15) is 18.3 Å². The van der Waals surface area contributed by atoms with Crippen LogP contribution in [0.15, 0.2) is 71.0 Å². The lowest BCUT2D eigenvalue weighted by atomic mass is 9.44. The normalized spacial score (nSPS) is 42.0. The highest BCUT2D eigenvalue weighted by atomic mass is 19.1. The lowest BCUT2D eigenvalue weighted by molar-refractivity contribution is -0.235. The number of aliphatic hydroxyl groups is 3. The van der Waals surface area contributed by atoms with Gasteiger partial charge in [0.05, 0.1) is 24.0 Å². The summed E-state index contributed by atoms with van der Waals surface area (Å²) in [5, 5.41) is 32.1. The van der Waals surface area contributed by atoms with Crippen LogP contribution in [0.5, 0.6) is 0 Å². The van der Waals surface area contributed by atoms with Gasteiger partial charge < -0.3 is 34.9 Å². The van der Waals surface area contributed by atoms with Gasteiger partial charge in [-0.25, -0.2) is 13.8 Å². The highest BCUT2D eigenvalue weighted by molar-refractivity contribution is 5.91. The van der Waals surface area contributed by atoms with Crippen LogP contribution < -0.4 is 5.73 Å². The van der Waals surface area contributed by atoms with Crippen LogP contribution in [0, 0.1) is 22.7 Å². The number of aliphatic hydroxyl groups excluding tert-OH is 3. The van der Waals surface area contributed by atoms with E-state index in [0.717, 1.165) is 11.1 Å². The van der Waals surface area contributed by atoms with Crippen molar-refractivity contribution in [3.05, 3.63) is 83.3 Å². The fraction of sp³-hybridized carbons (Fsp3) is 0.500. The molecule has 0 spiro atoms. The van der Waals surface area contributed by atoms with E-state index in [1.165, 1.54) is 24.6 Å². The average Bonchev–Trinajstić information content (AvgIpc) is 3.75. The number of aromatic nitrogens is 1. The number of benzene rings is 2. The third-order valence-electron chi connectivity index (χ3n) is 12.3. The van der Waals surface area contributed by atoms with Crippen LogP contribution >= 0.6 is 0 Å². The van der Waals surface area contributed by atoms with Gasteiger partial charge in [0.2, 0.25) is 0 Å². The zero-order valence-electron chi connectivity index (χ0n) is 26.1. The molecule has 9 nitrogen and oxygen atoms in total. The standard InChI is InChI=1S/C36H38F2N2O7/c1-33-10-9-21(42)12-24(33)25(37)13-23-22-14-29-36(28(44)16-41,34(22,2)15-27(43)35(23,33)38)47-32(46-29)19-5-3-18(4-6-19)11-20-7-8-26(39)30-31(20)45-17-40-30/h3-10,12,17,21-23,25,27,29,32,41-43H,11,13-16,39H2,1-2H3/t21?,22-,23-,25-,27-,29+,32+,33-,34-,35-,36+/m0/s1. The molecule has 3 aromatic rings. The fourth-order valence-corrected chi connectivity index (χ4v) is 10.0. The molecule has 47 heavy (non-hydrogen) atoms. The number of fused-ring (bicyclic) bond motifs is 8. The van der Waals surface area contributed by atoms with Gasteiger partial charge >= 0.3 is 0 Å². The molecule has 1 unspecified atom stereocenters. The van der Waals surface area contributed by atoms with Crippen LogP contribution in [0.4, 0.5) is 14.5 Å². The summed E-state index contributed by atoms with van der Waals surface area (Å²) >= 11 is 0. The molecule has 5 aliphatic rings. The third kappa shape index (κ3) is 3.92. The molecule has 11 atom stereocenters. The fourth-order valence-electron chi connectivity index (χ4n) is 10.0. The average molecular weight is 649 g/mol. The molecular formula is C36H38F2N2O7. The third-order valence-corrected chi connectivity index (χ3v) is 12.3. The Morgan fingerprint density at radius 3 is 2.62 bits per heavy atom. The van der Waals surface area contributed by atoms with Crippen molar-refractivity contribution >= 4 is 22.6 Å². The maximum atomic E-state index is 17.6. The van der Waals surface area contributed by atoms with Crippen LogP contribution in [0.1, 0.15) is 56.1 Å². The zero-order valence-corrected chi connectivity index (χ0v) is 26.1. The van der Waals surface area contributed by atoms with E-state index in [1.54, 1.807) is 19.9 Å². The highest BCUT2D eigenvalue weighted by Crippen LogP contribution is 2.72. The molecule has 0 radical (unpaired) electrons. The molecular weight excluding hydrogens is 610 g/mol. The number of Topliss-reactive ketones (excluding diaryl/α,β-unsaturated/α-hetero) is 1. The van der Waals surface area contributed by atoms with E-state index in [4.69, 9.17) is 19.6 Å². The molecule has 8 rings (SSSR count). The number of nitrogen functional groups attached to an aromatic ring is 1. The number of anilines is 1. The predicted octanol–water partition coefficient (Wildman–Crippen LogP) is 4.44. The Labute approximate surface area is 270 Å². The number of ether oxygens (including phenoxy) is 2. The smallest absolute Gasteiger partial charge is 0.193 e. The number of nitrogens with two attached hydrogens (primary N) is 1. The van der Waals surface area contributed by atoms with Gasteiger partial charge in [-0.3, -0.25) is 4.79 Å². The van der Waals surface area contributed by atoms with Crippen molar-refractivity contribution < 1.29 is 42.8 Å². The lowest BCUT2D eigenvalue weighted by Gasteiger charge is -2.63. The monoisotopic (exact) mass is 648 g/mol. The van der Waals surface area contributed by atoms with Crippen molar-refractivity contribution in [3.63, 3.8) is 0 Å². The molecule has 2 aromatic carbocycles. The number of allylic oxidation sites excluding steroid dienone is 2. The molecule has 4 aliphatic carbocycles. The van der Waals surface area contributed by atoms with E-state index in [2.05, 4.69) is 4.98 Å². The molecule has 11 heteroatoms. The summed E-state index contributed by atoms with van der Waals surface area (Å²) in [4.78, 5) is 18.0. The topological polar surface area (TPSA) is 148 Å². The summed E-state index contributed by atoms with van der Waals surface area (Å²) in [6.07, 6.45) is 0.0204. The van der Waals surface area contributed by atoms with Gasteiger partial charge in [-0.1, -0.05) is 49.4 Å². The van der Waals surface area contributed by atoms with Gasteiger partial charge in [0.25, 0.3) is 0 Å². The number of carbonyl (C=O) groups excluding carboxylic acids is 1. The highest BCUT2D eigenvalue weighted by Gasteiger charge is 2.80. The number of alkyl halides is 2. The van der Waals surface area contributed by atoms with E-state index in [9.17, 15) is 20.1 Å². The van der Waals surface area contributed by atoms with Gasteiger partial charge in [0, 0.05) is 34.3 Å². The first-order chi connectivity index (χ1) is 22.4. The number of hydrogen-bond acceptors (Lipinski definition) is 9. The first-order valence-electron chi connectivity index (χ1n) is 16.1. The van der Waals surface area contributed by atoms with Crippen LogP contribution in [0.3, 0.4) is 0 Å². The second-order valence-electron chi connectivity index (χ2n) is 14.4. The van der Waals surface area contributed by atoms with Crippen LogP contribution in [0.25, 0.3) is 11.1 Å². The van der Waals surface area contributed by atoms with E-state index in [0.29, 0.717) is 28.8 Å². The SMILES string of the molecule is C[C@]12C=CC(O)C=C1[C@@H](F)C[C@H]1[C@@H]3C[C@H]4O[C@@H](c5ccc(Cc6ccc(N)c7ncoc67)cc5)O[C@@]4(C(=O)CO)[C@@]3(C)C[C@H](O)[C@@]12F. The van der Waals surface area contributed by atoms with E-state index >= 15 is 8.78 Å². The van der Waals surface area contributed by atoms with Crippen molar-refractivity contribution in [2.24, 2.45) is 22.7 Å². The van der Waals surface area contributed by atoms with Crippen molar-refractivity contribution in [1.29, 1.82) is 0 Å². The Hall–Kier alpha value is -3.48. The summed E-state index contributed by atoms with van der Waals surface area (Å²) < 4.78 is 52.1. The molecule has 2 heterocycles. The van der Waals surface area contributed by atoms with Gasteiger partial charge in [-0.05, 0) is 55.4 Å². The largest absolute Gasteiger partial charge is 0.443 e. The molecule has 0 bridgehead atoms. The summed E-state index contributed by atoms with van der Waals surface area (Å²) in [5.74, 6) is -2.18. The van der Waals surface area contributed by atoms with Crippen LogP contribution in [0.2, 0.25) is 0 Å². The molecule has 1 aromatic heterocycles. The molecule has 248 valence electrons. The Morgan fingerprint density at radius 1 is 1.11 bits per heavy atom. The lowest BCUT2D eigenvalue weighted by Crippen LogP contribution is -2.70. The summed E-state index contributed by atoms with van der Waals surface area (Å²) in [7, 11) is 0. The number of rotatable bonds is 5. The van der Waals surface area contributed by atoms with Crippen molar-refractivity contribution in [2.45, 2.75) is 81.6 Å². The maximum Gasteiger partial charge on any atom is 0.193 e. The Morgan fingerprint density at radius 2 is 1.87 bits per heavy atom. The Balaban J connectivity index is 1.10. The van der Waals surface area contributed by atoms with Crippen molar-refractivity contribution in [1.82, 2.24) is 4.98 Å². The van der Waals surface area contributed by atoms with Crippen LogP contribution in [-0.4, -0.2) is 68.4 Å². The van der Waals surface area contributed by atoms with E-state index < -0.39 is 77.1 Å². The molecule has 4 fully saturated rings. The minimum absolute atomic E-state index is 0.130. The Bertz CT molecular complexity index is 1830. The minimum atomic E-state index is -2.26. The maximum absolute atomic E-state index is 17.6. The summed E-state index contributed by atoms with van der Waals surface area (Å²) in [6, 6.07) is 11.2. The van der Waals surface area contributed by atoms with Crippen molar-refractivity contribution in [3.8, 4) is 0 Å². The van der Waals surface area contributed by atoms with E-state index in [1.807, 2.05) is 30.3 Å².